The zero-order chi connectivity index (χ0) is 82.9. The van der Waals surface area contributed by atoms with Crippen LogP contribution >= 0.6 is 0 Å². The van der Waals surface area contributed by atoms with E-state index in [1.54, 1.807) is 0 Å². The molecule has 0 aliphatic rings. The van der Waals surface area contributed by atoms with Crippen LogP contribution in [0.15, 0.2) is 0 Å². The van der Waals surface area contributed by atoms with Crippen LogP contribution in [0.4, 0.5) is 0 Å². The van der Waals surface area contributed by atoms with Crippen LogP contribution < -0.4 is 20.8 Å². The standard InChI is InChI=1S/C46H148B40O6Si12/c1-35-39(37(3)97(17,18)91-103(29,30)45(77(55)56,85(65)73-49)81(61)69-33-95(13,14)89-101(25,26)43(75(51)52,79(59)67-5)83(63)71-47)40(36(2)42(100(23,24)88-94(10,11)12)41(35)99(21,22)87-93(7,8)9)38(4)98(19,20)92-104(31,32)46(78(57)58,86(66)74-50)82(62)70-34-96(15,16)90-102(27,28)44(76(53)54,80(60)68-6)84(64)72-48/h67-74H,33-34,47-66H2,1-32H3. The molecule has 0 amide bonds. The minimum absolute atomic E-state index is 0.00581. The molecule has 0 aliphatic carbocycles. The molecular formula is C46H148B40O6Si12. The molecule has 0 N–H and O–H groups in total. The molecule has 1 aromatic rings. The van der Waals surface area contributed by atoms with Gasteiger partial charge in [-0.15, -0.1) is 18.9 Å². The van der Waals surface area contributed by atoms with E-state index < -0.39 is 99.8 Å². The molecule has 0 bridgehead atoms. The van der Waals surface area contributed by atoms with E-state index >= 15 is 0 Å². The van der Waals surface area contributed by atoms with E-state index in [-0.39, 0.29) is 18.9 Å². The topological polar surface area (TPSA) is 55.4 Å². The quantitative estimate of drug-likeness (QED) is 0.0607. The van der Waals surface area contributed by atoms with Crippen molar-refractivity contribution >= 4 is 410 Å². The van der Waals surface area contributed by atoms with Crippen molar-refractivity contribution in [1.29, 1.82) is 0 Å². The van der Waals surface area contributed by atoms with Gasteiger partial charge in [-0.2, -0.15) is 0 Å². The molecule has 0 radical (unpaired) electrons. The molecule has 4 unspecified atom stereocenters. The molecule has 1 rings (SSSR count). The Kier molecular flexibility index (Phi) is 39.5. The average Bonchev–Trinajstić information content (AvgIpc) is 0.713. The van der Waals surface area contributed by atoms with Crippen LogP contribution in [-0.4, -0.2) is 389 Å². The second kappa shape index (κ2) is 38.8. The smallest absolute Gasteiger partial charge is 0.206 e. The summed E-state index contributed by atoms with van der Waals surface area (Å²) >= 11 is 0. The fourth-order valence-corrected chi connectivity index (χ4v) is 91.9. The molecule has 104 heavy (non-hydrogen) atoms. The first-order chi connectivity index (χ1) is 46.3. The van der Waals surface area contributed by atoms with E-state index in [4.69, 9.17) is 24.7 Å². The van der Waals surface area contributed by atoms with Crippen LogP contribution in [0.2, 0.25) is 215 Å². The molecule has 0 saturated heterocycles. The molecule has 536 valence electrons. The van der Waals surface area contributed by atoms with Crippen molar-refractivity contribution in [3.05, 3.63) is 21.6 Å². The summed E-state index contributed by atoms with van der Waals surface area (Å²) in [5.41, 5.74) is 2.85. The Labute approximate surface area is 692 Å². The van der Waals surface area contributed by atoms with Gasteiger partial charge < -0.3 is 24.7 Å². The summed E-state index contributed by atoms with van der Waals surface area (Å²) in [7, 11) is 31.2. The van der Waals surface area contributed by atoms with Crippen molar-refractivity contribution in [2.75, 3.05) is 0 Å². The van der Waals surface area contributed by atoms with Crippen LogP contribution in [0.3, 0.4) is 0 Å². The molecule has 0 saturated carbocycles. The molecule has 0 aliphatic heterocycles. The summed E-state index contributed by atoms with van der Waals surface area (Å²) in [6, 6.07) is 0. The van der Waals surface area contributed by atoms with Crippen LogP contribution in [-0.2, 0) is 24.7 Å². The Bertz CT molecular complexity index is 2890. The van der Waals surface area contributed by atoms with E-state index in [1.165, 1.54) is 97.0 Å². The minimum Gasteiger partial charge on any atom is -0.457 e. The highest BCUT2D eigenvalue weighted by molar-refractivity contribution is 7.69. The predicted molar refractivity (Wildman–Crippen MR) is 610 cm³/mol. The summed E-state index contributed by atoms with van der Waals surface area (Å²) in [5, 5.41) is 8.86. The molecule has 1 aromatic carbocycles. The molecule has 6 nitrogen and oxygen atoms in total. The fourth-order valence-electron chi connectivity index (χ4n) is 26.6. The van der Waals surface area contributed by atoms with Gasteiger partial charge in [-0.1, -0.05) is 35.9 Å². The lowest BCUT2D eigenvalue weighted by molar-refractivity contribution is 0.544. The summed E-state index contributed by atoms with van der Waals surface area (Å²) in [5.74, 6) is 2.35. The maximum Gasteiger partial charge on any atom is 0.206 e. The third-order valence-corrected chi connectivity index (χ3v) is 80.8. The van der Waals surface area contributed by atoms with Gasteiger partial charge in [0.05, 0.1) is 235 Å². The van der Waals surface area contributed by atoms with Gasteiger partial charge in [0.2, 0.25) is 33.3 Å². The van der Waals surface area contributed by atoms with Crippen LogP contribution in [0.5, 0.6) is 0 Å². The van der Waals surface area contributed by atoms with Crippen molar-refractivity contribution in [2.45, 2.75) is 242 Å². The first-order valence-electron chi connectivity index (χ1n) is 43.4. The SMILES string of the molecule is BBB(B)C(B(B)B)(B(B)BC)[Si](C)(C)O[Si](C)(C)CBB(B)C(B(B)B)(B(B)BB)[Si](C)(C)O[Si](C)(C)C(C)=c1c(C)c([Si](C)(C)O[Si](C)(C)C)c([Si](C)(C)O[Si](C)(C)C)c(C)c1=C(C)[Si](C)(C)O[Si](C)(C)C(B(B)B)(B(B)BB)B(B)BC[Si](C)(C)O[Si](C)(C)C(B(B)B)(B(B)BB)B(B)BC. The summed E-state index contributed by atoms with van der Waals surface area (Å²) in [4.78, 5) is 0. The Hall–Kier alpha value is 3.92. The van der Waals surface area contributed by atoms with E-state index in [1.807, 2.05) is 0 Å². The molecule has 0 fully saturated rings. The molecule has 0 heterocycles. The van der Waals surface area contributed by atoms with E-state index in [0.29, 0.717) is 77.9 Å². The summed E-state index contributed by atoms with van der Waals surface area (Å²) < 4.78 is 49.4. The Morgan fingerprint density at radius 1 is 0.317 bits per heavy atom. The van der Waals surface area contributed by atoms with Crippen molar-refractivity contribution < 1.29 is 24.7 Å². The first-order valence-corrected chi connectivity index (χ1v) is 79.7. The van der Waals surface area contributed by atoms with Crippen molar-refractivity contribution in [3.63, 3.8) is 0 Å². The number of hydrogen-bond acceptors (Lipinski definition) is 6. The molecule has 58 heteroatoms. The summed E-state index contributed by atoms with van der Waals surface area (Å²) in [6.07, 6.45) is 0. The van der Waals surface area contributed by atoms with Crippen molar-refractivity contribution in [1.82, 2.24) is 0 Å². The van der Waals surface area contributed by atoms with Crippen LogP contribution in [0.1, 0.15) is 25.0 Å². The van der Waals surface area contributed by atoms with Gasteiger partial charge >= 0.3 is 0 Å². The van der Waals surface area contributed by atoms with Gasteiger partial charge in [0.25, 0.3) is 0 Å². The third kappa shape index (κ3) is 22.4. The molecular weight excluding hydrogens is 1420 g/mol. The summed E-state index contributed by atoms with van der Waals surface area (Å²) in [6.45, 7) is 88.0. The minimum atomic E-state index is -2.81. The Morgan fingerprint density at radius 2 is 0.519 bits per heavy atom. The molecule has 0 spiro atoms. The maximum absolute atomic E-state index is 8.68. The van der Waals surface area contributed by atoms with Gasteiger partial charge in [0.1, 0.15) is 0 Å². The fraction of sp³-hybridized carbons (Fsp3) is 0.826. The highest BCUT2D eigenvalue weighted by Crippen LogP contribution is 2.50. The van der Waals surface area contributed by atoms with Gasteiger partial charge in [-0.05, 0) is 230 Å². The Morgan fingerprint density at radius 3 is 0.702 bits per heavy atom. The molecule has 4 atom stereocenters. The second-order valence-corrected chi connectivity index (χ2v) is 95.0. The zero-order valence-corrected chi connectivity index (χ0v) is 92.4. The number of hydrogen-bond donors (Lipinski definition) is 0. The predicted octanol–water partition coefficient (Wildman–Crippen LogP) is -14.9. The highest BCUT2D eigenvalue weighted by Gasteiger charge is 2.63. The van der Waals surface area contributed by atoms with Crippen molar-refractivity contribution in [2.24, 2.45) is 0 Å². The largest absolute Gasteiger partial charge is 0.457 e. The van der Waals surface area contributed by atoms with Gasteiger partial charge in [0, 0.05) is 54.2 Å². The number of rotatable bonds is 44. The van der Waals surface area contributed by atoms with Crippen LogP contribution in [0, 0.1) is 13.8 Å². The highest BCUT2D eigenvalue weighted by atomic mass is 28.4. The van der Waals surface area contributed by atoms with E-state index in [2.05, 4.69) is 366 Å². The monoisotopic (exact) mass is 1570 g/mol. The number of benzene rings is 1. The zero-order valence-electron chi connectivity index (χ0n) is 80.4. The third-order valence-electron chi connectivity index (χ3n) is 29.5. The average molecular weight is 1570 g/mol. The first kappa shape index (κ1) is 106. The maximum atomic E-state index is 8.68. The lowest BCUT2D eigenvalue weighted by Crippen LogP contribution is -2.75. The normalized spacial score (nSPS) is 16.2. The Balaban J connectivity index is 5.05. The van der Waals surface area contributed by atoms with E-state index in [0.717, 1.165) is 14.1 Å². The van der Waals surface area contributed by atoms with Gasteiger partial charge in [-0.3, -0.25) is 0 Å². The second-order valence-electron chi connectivity index (χ2n) is 43.5. The van der Waals surface area contributed by atoms with Gasteiger partial charge in [0.15, 0.2) is 66.5 Å². The lowest BCUT2D eigenvalue weighted by Gasteiger charge is -2.58. The lowest BCUT2D eigenvalue weighted by atomic mass is 8.79. The van der Waals surface area contributed by atoms with Crippen molar-refractivity contribution in [3.8, 4) is 0 Å². The van der Waals surface area contributed by atoms with E-state index in [9.17, 15) is 0 Å². The van der Waals surface area contributed by atoms with Crippen LogP contribution in [0.25, 0.3) is 10.4 Å². The van der Waals surface area contributed by atoms with Gasteiger partial charge in [-0.25, -0.2) is 0 Å². The molecule has 0 aromatic heterocycles.